The van der Waals surface area contributed by atoms with Gasteiger partial charge in [-0.05, 0) is 56.9 Å². The topological polar surface area (TPSA) is 87.8 Å². The van der Waals surface area contributed by atoms with Gasteiger partial charge in [-0.15, -0.1) is 0 Å². The molecule has 1 heterocycles. The summed E-state index contributed by atoms with van der Waals surface area (Å²) in [5.74, 6) is 1.04. The van der Waals surface area contributed by atoms with Gasteiger partial charge < -0.3 is 25.8 Å². The van der Waals surface area contributed by atoms with E-state index in [2.05, 4.69) is 5.32 Å². The van der Waals surface area contributed by atoms with Gasteiger partial charge in [-0.3, -0.25) is 0 Å². The molecule has 4 atom stereocenters. The van der Waals surface area contributed by atoms with Crippen molar-refractivity contribution in [2.75, 3.05) is 26.2 Å². The van der Waals surface area contributed by atoms with Gasteiger partial charge in [-0.1, -0.05) is 62.4 Å². The second-order valence-corrected chi connectivity index (χ2v) is 10.3. The summed E-state index contributed by atoms with van der Waals surface area (Å²) in [4.78, 5) is 15.1. The highest BCUT2D eigenvalue weighted by atomic mass is 16.5. The van der Waals surface area contributed by atoms with Crippen molar-refractivity contribution in [3.8, 4) is 0 Å². The number of likely N-dealkylation sites (tertiary alicyclic amines) is 1. The van der Waals surface area contributed by atoms with Gasteiger partial charge in [0.15, 0.2) is 0 Å². The van der Waals surface area contributed by atoms with Gasteiger partial charge in [0.25, 0.3) is 0 Å². The molecule has 0 aromatic heterocycles. The Kier molecular flexibility index (Phi) is 11.7. The molecule has 6 nitrogen and oxygen atoms in total. The zero-order valence-electron chi connectivity index (χ0n) is 21.2. The predicted molar refractivity (Wildman–Crippen MR) is 138 cm³/mol. The minimum absolute atomic E-state index is 0.0331. The largest absolute Gasteiger partial charge is 0.388 e. The van der Waals surface area contributed by atoms with Crippen molar-refractivity contribution in [2.45, 2.75) is 95.8 Å². The summed E-state index contributed by atoms with van der Waals surface area (Å²) >= 11 is 0. The van der Waals surface area contributed by atoms with Crippen LogP contribution in [0.25, 0.3) is 0 Å². The number of aliphatic hydroxyl groups excluding tert-OH is 1. The van der Waals surface area contributed by atoms with E-state index in [1.807, 2.05) is 42.2 Å². The van der Waals surface area contributed by atoms with Gasteiger partial charge in [-0.2, -0.15) is 0 Å². The maximum absolute atomic E-state index is 13.1. The van der Waals surface area contributed by atoms with E-state index in [9.17, 15) is 9.90 Å². The molecule has 6 heteroatoms. The molecule has 2 amide bonds. The maximum Gasteiger partial charge on any atom is 0.317 e. The average Bonchev–Trinajstić information content (AvgIpc) is 2.88. The monoisotopic (exact) mass is 473 g/mol. The lowest BCUT2D eigenvalue weighted by Crippen LogP contribution is -2.52. The third kappa shape index (κ3) is 8.54. The molecule has 2 aliphatic rings. The van der Waals surface area contributed by atoms with Crippen molar-refractivity contribution in [1.82, 2.24) is 10.2 Å². The number of aliphatic hydroxyl groups is 1. The highest BCUT2D eigenvalue weighted by Gasteiger charge is 2.31. The van der Waals surface area contributed by atoms with Gasteiger partial charge in [0.1, 0.15) is 0 Å². The van der Waals surface area contributed by atoms with Gasteiger partial charge >= 0.3 is 6.03 Å². The number of hydrogen-bond donors (Lipinski definition) is 3. The van der Waals surface area contributed by atoms with Gasteiger partial charge in [0, 0.05) is 38.2 Å². The summed E-state index contributed by atoms with van der Waals surface area (Å²) < 4.78 is 6.14. The Balaban J connectivity index is 1.47. The Bertz CT molecular complexity index is 695. The smallest absolute Gasteiger partial charge is 0.317 e. The molecule has 34 heavy (non-hydrogen) atoms. The lowest BCUT2D eigenvalue weighted by Gasteiger charge is -2.38. The molecule has 2 fully saturated rings. The Morgan fingerprint density at radius 3 is 2.62 bits per heavy atom. The minimum atomic E-state index is -0.436. The number of nitrogens with one attached hydrogen (secondary N) is 1. The normalized spacial score (nSPS) is 22.2. The fourth-order valence-corrected chi connectivity index (χ4v) is 5.83. The molecule has 1 aromatic carbocycles. The first kappa shape index (κ1) is 27.0. The summed E-state index contributed by atoms with van der Waals surface area (Å²) in [6, 6.07) is 9.96. The van der Waals surface area contributed by atoms with Crippen molar-refractivity contribution in [3.05, 3.63) is 35.9 Å². The number of nitrogens with two attached hydrogens (primary N) is 1. The van der Waals surface area contributed by atoms with E-state index in [1.165, 1.54) is 32.1 Å². The van der Waals surface area contributed by atoms with Crippen LogP contribution in [0.2, 0.25) is 0 Å². The second kappa shape index (κ2) is 14.7. The van der Waals surface area contributed by atoms with E-state index < -0.39 is 6.10 Å². The van der Waals surface area contributed by atoms with Crippen LogP contribution in [-0.2, 0) is 4.74 Å². The molecule has 1 aromatic rings. The quantitative estimate of drug-likeness (QED) is 0.398. The number of carbonyl (C=O) groups excluding carboxylic acids is 1. The van der Waals surface area contributed by atoms with E-state index in [-0.39, 0.29) is 18.2 Å². The summed E-state index contributed by atoms with van der Waals surface area (Å²) in [7, 11) is 0. The predicted octanol–water partition coefficient (Wildman–Crippen LogP) is 5.01. The van der Waals surface area contributed by atoms with Gasteiger partial charge in [0.2, 0.25) is 0 Å². The second-order valence-electron chi connectivity index (χ2n) is 10.3. The first-order valence-electron chi connectivity index (χ1n) is 13.7. The molecule has 1 saturated carbocycles. The first-order chi connectivity index (χ1) is 16.6. The van der Waals surface area contributed by atoms with Crippen LogP contribution in [0, 0.1) is 11.8 Å². The van der Waals surface area contributed by atoms with E-state index in [4.69, 9.17) is 10.5 Å². The molecule has 192 valence electrons. The average molecular weight is 474 g/mol. The number of ether oxygens (including phenoxy) is 1. The molecular weight excluding hydrogens is 426 g/mol. The van der Waals surface area contributed by atoms with Crippen LogP contribution in [0.5, 0.6) is 0 Å². The highest BCUT2D eigenvalue weighted by molar-refractivity contribution is 5.74. The van der Waals surface area contributed by atoms with Crippen molar-refractivity contribution in [3.63, 3.8) is 0 Å². The number of hydrogen-bond acceptors (Lipinski definition) is 4. The Morgan fingerprint density at radius 2 is 1.91 bits per heavy atom. The molecule has 1 unspecified atom stereocenters. The van der Waals surface area contributed by atoms with Crippen molar-refractivity contribution in [1.29, 1.82) is 0 Å². The number of carbonyl (C=O) groups is 1. The summed E-state index contributed by atoms with van der Waals surface area (Å²) in [6.07, 6.45) is 11.8. The lowest BCUT2D eigenvalue weighted by molar-refractivity contribution is -0.0101. The third-order valence-corrected chi connectivity index (χ3v) is 7.76. The van der Waals surface area contributed by atoms with E-state index in [0.29, 0.717) is 25.0 Å². The molecule has 0 radical (unpaired) electrons. The van der Waals surface area contributed by atoms with Crippen molar-refractivity contribution < 1.29 is 14.6 Å². The summed E-state index contributed by atoms with van der Waals surface area (Å²) in [5, 5.41) is 13.7. The van der Waals surface area contributed by atoms with Crippen LogP contribution in [0.15, 0.2) is 30.3 Å². The zero-order chi connectivity index (χ0) is 24.2. The van der Waals surface area contributed by atoms with E-state index in [1.54, 1.807) is 0 Å². The number of piperidine rings is 1. The van der Waals surface area contributed by atoms with Gasteiger partial charge in [-0.25, -0.2) is 4.79 Å². The highest BCUT2D eigenvalue weighted by Crippen LogP contribution is 2.29. The molecule has 0 spiro atoms. The molecular formula is C28H47N3O3. The van der Waals surface area contributed by atoms with Crippen molar-refractivity contribution in [2.24, 2.45) is 17.6 Å². The SMILES string of the molecule is CCOC(CCC[C@H](O)c1ccccc1)[C@@H]1CCCN(C(=O)N[C@H](CN)CC2CCCCC2)C1. The zero-order valence-corrected chi connectivity index (χ0v) is 21.2. The number of nitrogens with zero attached hydrogens (tertiary/aromatic N) is 1. The Morgan fingerprint density at radius 1 is 1.15 bits per heavy atom. The van der Waals surface area contributed by atoms with E-state index in [0.717, 1.165) is 57.2 Å². The lowest BCUT2D eigenvalue weighted by atomic mass is 9.85. The van der Waals surface area contributed by atoms with Crippen LogP contribution in [0.1, 0.15) is 89.2 Å². The molecule has 4 N–H and O–H groups in total. The number of urea groups is 1. The molecule has 1 saturated heterocycles. The van der Waals surface area contributed by atoms with Crippen LogP contribution in [0.4, 0.5) is 4.79 Å². The number of rotatable bonds is 12. The number of benzene rings is 1. The fraction of sp³-hybridized carbons (Fsp3) is 0.750. The molecule has 0 bridgehead atoms. The Hall–Kier alpha value is -1.63. The van der Waals surface area contributed by atoms with Crippen LogP contribution >= 0.6 is 0 Å². The maximum atomic E-state index is 13.1. The fourth-order valence-electron chi connectivity index (χ4n) is 5.83. The van der Waals surface area contributed by atoms with Gasteiger partial charge in [0.05, 0.1) is 12.2 Å². The van der Waals surface area contributed by atoms with Crippen LogP contribution in [0.3, 0.4) is 0 Å². The summed E-state index contributed by atoms with van der Waals surface area (Å²) in [5.41, 5.74) is 7.00. The van der Waals surface area contributed by atoms with Crippen molar-refractivity contribution >= 4 is 6.03 Å². The third-order valence-electron chi connectivity index (χ3n) is 7.76. The van der Waals surface area contributed by atoms with Crippen LogP contribution < -0.4 is 11.1 Å². The van der Waals surface area contributed by atoms with Crippen LogP contribution in [-0.4, -0.2) is 54.4 Å². The Labute approximate surface area is 206 Å². The summed E-state index contributed by atoms with van der Waals surface area (Å²) in [6.45, 7) is 4.75. The van der Waals surface area contributed by atoms with E-state index >= 15 is 0 Å². The standard InChI is InChI=1S/C28H47N3O3/c1-2-34-27(17-9-16-26(32)23-13-7-4-8-14-23)24-15-10-18-31(21-24)28(33)30-25(20-29)19-22-11-5-3-6-12-22/h4,7-8,13-14,22,24-27,32H,2-3,5-6,9-12,15-21,29H2,1H3,(H,30,33)/t24-,25+,26+,27?/m1/s1. The molecule has 1 aliphatic carbocycles. The molecule has 3 rings (SSSR count). The number of amides is 2. The minimum Gasteiger partial charge on any atom is -0.388 e. The first-order valence-corrected chi connectivity index (χ1v) is 13.7. The molecule has 1 aliphatic heterocycles.